The Morgan fingerprint density at radius 3 is 2.24 bits per heavy atom. The average Bonchev–Trinajstić information content (AvgIpc) is 3.16. The number of ketones is 1. The number of sulfonamides is 1. The molecule has 3 rings (SSSR count). The van der Waals surface area contributed by atoms with Crippen molar-refractivity contribution in [3.8, 4) is 0 Å². The van der Waals surface area contributed by atoms with E-state index in [1.807, 2.05) is 20.8 Å². The third kappa shape index (κ3) is 6.17. The summed E-state index contributed by atoms with van der Waals surface area (Å²) in [6, 6.07) is 12.5. The fraction of sp³-hybridized carbons (Fsp3) is 0.318. The van der Waals surface area contributed by atoms with Gasteiger partial charge in [0.2, 0.25) is 5.78 Å². The van der Waals surface area contributed by atoms with Gasteiger partial charge in [-0.1, -0.05) is 34.5 Å². The highest BCUT2D eigenvalue weighted by molar-refractivity contribution is 7.92. The summed E-state index contributed by atoms with van der Waals surface area (Å²) in [5.74, 6) is -0.594. The molecule has 1 aromatic heterocycles. The van der Waals surface area contributed by atoms with Crippen LogP contribution in [0.2, 0.25) is 5.02 Å². The van der Waals surface area contributed by atoms with Crippen molar-refractivity contribution in [1.82, 2.24) is 15.0 Å². The molecule has 0 aliphatic heterocycles. The van der Waals surface area contributed by atoms with E-state index in [1.165, 1.54) is 28.9 Å². The maximum Gasteiger partial charge on any atom is 0.263 e. The number of nitrogens with zero attached hydrogens (tertiary/aromatic N) is 3. The number of anilines is 1. The van der Waals surface area contributed by atoms with Crippen LogP contribution >= 0.6 is 11.6 Å². The topological polar surface area (TPSA) is 112 Å². The van der Waals surface area contributed by atoms with Gasteiger partial charge in [-0.3, -0.25) is 9.52 Å². The number of ether oxygens (including phenoxy) is 2. The van der Waals surface area contributed by atoms with E-state index < -0.39 is 22.1 Å². The molecule has 0 saturated carbocycles. The average molecular weight is 493 g/mol. The van der Waals surface area contributed by atoms with Crippen LogP contribution in [0.4, 0.5) is 5.82 Å². The summed E-state index contributed by atoms with van der Waals surface area (Å²) >= 11 is 5.92. The first kappa shape index (κ1) is 24.8. The SMILES string of the molecule is CCOC(Cn1nnc(C(=O)c2ccc(Cl)cc2)c1NS(=O)(=O)c1ccc(C)cc1)OCC. The summed E-state index contributed by atoms with van der Waals surface area (Å²) in [5.41, 5.74) is 1.05. The summed E-state index contributed by atoms with van der Waals surface area (Å²) in [5, 5.41) is 8.45. The molecule has 2 aromatic carbocycles. The third-order valence-electron chi connectivity index (χ3n) is 4.65. The highest BCUT2D eigenvalue weighted by Gasteiger charge is 2.27. The van der Waals surface area contributed by atoms with Crippen LogP contribution in [0.3, 0.4) is 0 Å². The molecule has 176 valence electrons. The number of rotatable bonds is 11. The zero-order valence-electron chi connectivity index (χ0n) is 18.5. The Labute approximate surface area is 197 Å². The molecular weight excluding hydrogens is 468 g/mol. The molecule has 1 N–H and O–H groups in total. The van der Waals surface area contributed by atoms with Crippen LogP contribution in [0.5, 0.6) is 0 Å². The Morgan fingerprint density at radius 2 is 1.67 bits per heavy atom. The lowest BCUT2D eigenvalue weighted by Crippen LogP contribution is -2.26. The molecule has 0 radical (unpaired) electrons. The molecule has 0 saturated heterocycles. The molecule has 0 aliphatic carbocycles. The Kier molecular flexibility index (Phi) is 8.20. The number of aryl methyl sites for hydroxylation is 1. The normalized spacial score (nSPS) is 11.7. The van der Waals surface area contributed by atoms with Crippen LogP contribution in [0.15, 0.2) is 53.4 Å². The van der Waals surface area contributed by atoms with Gasteiger partial charge >= 0.3 is 0 Å². The number of hydrogen-bond donors (Lipinski definition) is 1. The lowest BCUT2D eigenvalue weighted by molar-refractivity contribution is -0.144. The van der Waals surface area contributed by atoms with Gasteiger partial charge < -0.3 is 9.47 Å². The van der Waals surface area contributed by atoms with E-state index in [9.17, 15) is 13.2 Å². The minimum Gasteiger partial charge on any atom is -0.351 e. The first-order chi connectivity index (χ1) is 15.7. The van der Waals surface area contributed by atoms with Crippen LogP contribution in [0.25, 0.3) is 0 Å². The van der Waals surface area contributed by atoms with Crippen molar-refractivity contribution >= 4 is 33.2 Å². The van der Waals surface area contributed by atoms with Gasteiger partial charge in [-0.15, -0.1) is 5.10 Å². The van der Waals surface area contributed by atoms with Crippen LogP contribution in [0.1, 0.15) is 35.5 Å². The van der Waals surface area contributed by atoms with E-state index >= 15 is 0 Å². The van der Waals surface area contributed by atoms with Crippen molar-refractivity contribution < 1.29 is 22.7 Å². The molecule has 11 heteroatoms. The number of benzene rings is 2. The van der Waals surface area contributed by atoms with E-state index in [-0.39, 0.29) is 28.5 Å². The largest absolute Gasteiger partial charge is 0.351 e. The standard InChI is InChI=1S/C22H25ClN4O5S/c1-4-31-19(32-5-2)14-27-22(25-33(29,30)18-12-6-15(3)7-13-18)20(24-26-27)21(28)16-8-10-17(23)11-9-16/h6-13,19,25H,4-5,14H2,1-3H3. The van der Waals surface area contributed by atoms with Crippen molar-refractivity contribution in [2.45, 2.75) is 38.5 Å². The van der Waals surface area contributed by atoms with E-state index in [0.717, 1.165) is 5.56 Å². The van der Waals surface area contributed by atoms with Gasteiger partial charge in [-0.25, -0.2) is 13.1 Å². The minimum atomic E-state index is -4.03. The highest BCUT2D eigenvalue weighted by atomic mass is 35.5. The maximum atomic E-state index is 13.1. The van der Waals surface area contributed by atoms with Crippen molar-refractivity contribution in [3.05, 3.63) is 70.4 Å². The number of halogens is 1. The van der Waals surface area contributed by atoms with Crippen LogP contribution in [0, 0.1) is 6.92 Å². The second-order valence-electron chi connectivity index (χ2n) is 7.06. The smallest absolute Gasteiger partial charge is 0.263 e. The zero-order valence-corrected chi connectivity index (χ0v) is 20.1. The lowest BCUT2D eigenvalue weighted by Gasteiger charge is -2.18. The molecule has 0 fully saturated rings. The van der Waals surface area contributed by atoms with Gasteiger partial charge in [-0.05, 0) is 57.2 Å². The summed E-state index contributed by atoms with van der Waals surface area (Å²) in [4.78, 5) is 13.2. The van der Waals surface area contributed by atoms with Gasteiger partial charge in [0.05, 0.1) is 11.4 Å². The molecule has 0 aliphatic rings. The molecule has 0 atom stereocenters. The summed E-state index contributed by atoms with van der Waals surface area (Å²) in [6.45, 7) is 6.25. The molecular formula is C22H25ClN4O5S. The third-order valence-corrected chi connectivity index (χ3v) is 6.25. The Bertz CT molecular complexity index is 1190. The van der Waals surface area contributed by atoms with E-state index in [0.29, 0.717) is 18.2 Å². The van der Waals surface area contributed by atoms with Crippen LogP contribution in [-0.2, 0) is 26.0 Å². The molecule has 0 amide bonds. The maximum absolute atomic E-state index is 13.1. The first-order valence-corrected chi connectivity index (χ1v) is 12.2. The van der Waals surface area contributed by atoms with E-state index in [4.69, 9.17) is 21.1 Å². The predicted octanol–water partition coefficient (Wildman–Crippen LogP) is 3.67. The quantitative estimate of drug-likeness (QED) is 0.321. The van der Waals surface area contributed by atoms with Crippen LogP contribution < -0.4 is 4.72 Å². The van der Waals surface area contributed by atoms with Gasteiger partial charge in [-0.2, -0.15) is 0 Å². The Balaban J connectivity index is 2.03. The lowest BCUT2D eigenvalue weighted by atomic mass is 10.1. The Morgan fingerprint density at radius 1 is 1.06 bits per heavy atom. The molecule has 0 unspecified atom stereocenters. The molecule has 33 heavy (non-hydrogen) atoms. The first-order valence-electron chi connectivity index (χ1n) is 10.3. The number of nitrogens with one attached hydrogen (secondary N) is 1. The molecule has 1 heterocycles. The van der Waals surface area contributed by atoms with E-state index in [1.54, 1.807) is 24.3 Å². The van der Waals surface area contributed by atoms with Crippen molar-refractivity contribution in [3.63, 3.8) is 0 Å². The monoisotopic (exact) mass is 492 g/mol. The second kappa shape index (κ2) is 10.9. The number of carbonyl (C=O) groups is 1. The Hall–Kier alpha value is -2.79. The second-order valence-corrected chi connectivity index (χ2v) is 9.18. The summed E-state index contributed by atoms with van der Waals surface area (Å²) < 4.78 is 41.0. The summed E-state index contributed by atoms with van der Waals surface area (Å²) in [6.07, 6.45) is -0.706. The zero-order chi connectivity index (χ0) is 24.0. The summed E-state index contributed by atoms with van der Waals surface area (Å²) in [7, 11) is -4.03. The van der Waals surface area contributed by atoms with Crippen LogP contribution in [-0.4, -0.2) is 48.7 Å². The van der Waals surface area contributed by atoms with Crippen molar-refractivity contribution in [2.75, 3.05) is 17.9 Å². The van der Waals surface area contributed by atoms with Crippen molar-refractivity contribution in [2.24, 2.45) is 0 Å². The number of hydrogen-bond acceptors (Lipinski definition) is 7. The molecule has 3 aromatic rings. The van der Waals surface area contributed by atoms with Crippen molar-refractivity contribution in [1.29, 1.82) is 0 Å². The minimum absolute atomic E-state index is 0.0222. The van der Waals surface area contributed by atoms with Gasteiger partial charge in [0.1, 0.15) is 0 Å². The number of carbonyl (C=O) groups excluding carboxylic acids is 1. The molecule has 0 spiro atoms. The molecule has 0 bridgehead atoms. The van der Waals surface area contributed by atoms with E-state index in [2.05, 4.69) is 15.0 Å². The van der Waals surface area contributed by atoms with Gasteiger partial charge in [0.25, 0.3) is 10.0 Å². The fourth-order valence-corrected chi connectivity index (χ4v) is 4.20. The fourth-order valence-electron chi connectivity index (χ4n) is 3.00. The van der Waals surface area contributed by atoms with Gasteiger partial charge in [0, 0.05) is 23.8 Å². The number of aromatic nitrogens is 3. The highest BCUT2D eigenvalue weighted by Crippen LogP contribution is 2.23. The predicted molar refractivity (Wildman–Crippen MR) is 124 cm³/mol. The molecule has 9 nitrogen and oxygen atoms in total. The van der Waals surface area contributed by atoms with Gasteiger partial charge in [0.15, 0.2) is 17.8 Å².